The summed E-state index contributed by atoms with van der Waals surface area (Å²) in [6.45, 7) is 2.93. The van der Waals surface area contributed by atoms with Crippen molar-refractivity contribution in [1.82, 2.24) is 20.4 Å². The van der Waals surface area contributed by atoms with Crippen LogP contribution in [0.25, 0.3) is 16.6 Å². The summed E-state index contributed by atoms with van der Waals surface area (Å²) in [5.74, 6) is -3.75. The molecule has 1 aliphatic carbocycles. The van der Waals surface area contributed by atoms with Gasteiger partial charge in [0.15, 0.2) is 11.5 Å². The molecule has 1 fully saturated rings. The van der Waals surface area contributed by atoms with Gasteiger partial charge >= 0.3 is 5.92 Å². The quantitative estimate of drug-likeness (QED) is 0.248. The van der Waals surface area contributed by atoms with Crippen molar-refractivity contribution in [2.24, 2.45) is 0 Å². The van der Waals surface area contributed by atoms with Gasteiger partial charge in [0.1, 0.15) is 25.1 Å². The zero-order valence-corrected chi connectivity index (χ0v) is 24.8. The molecule has 1 aliphatic heterocycles. The first kappa shape index (κ1) is 30.3. The molecule has 4 aromatic rings. The molecule has 3 aromatic carbocycles. The lowest BCUT2D eigenvalue weighted by atomic mass is 10.0. The van der Waals surface area contributed by atoms with Crippen LogP contribution in [-0.4, -0.2) is 64.0 Å². The number of benzene rings is 3. The second-order valence-corrected chi connectivity index (χ2v) is 11.5. The maximum Gasteiger partial charge on any atom is 0.321 e. The fraction of sp³-hybridized carbons (Fsp3) is 0.364. The Kier molecular flexibility index (Phi) is 8.32. The standard InChI is InChI=1S/C33H34F2N4O6/c1-19(37-32(42)33(2,34)35)30(20-9-12-28-29(17-20)44-14-13-43-28)45-24-10-11-26-22(16-24)18-36-39(26)23-6-3-5-21(15-23)31(41)38-25-7-4-8-27(25)40/h3,5-6,9-12,15-19,25,27,30,40H,4,7-8,13-14H2,1-2H3,(H,37,42)(H,38,41)/t19-,25?,27-,30-/m0/s1. The number of fused-ring (bicyclic) bond motifs is 2. The minimum atomic E-state index is -3.56. The minimum absolute atomic E-state index is 0.259. The Bertz CT molecular complexity index is 1720. The van der Waals surface area contributed by atoms with E-state index in [4.69, 9.17) is 14.2 Å². The molecule has 0 saturated heterocycles. The number of hydrogen-bond donors (Lipinski definition) is 3. The van der Waals surface area contributed by atoms with E-state index in [0.717, 1.165) is 23.7 Å². The van der Waals surface area contributed by atoms with Crippen molar-refractivity contribution in [2.75, 3.05) is 13.2 Å². The maximum atomic E-state index is 13.8. The number of aliphatic hydroxyl groups is 1. The highest BCUT2D eigenvalue weighted by Gasteiger charge is 2.35. The number of nitrogens with one attached hydrogen (secondary N) is 2. The summed E-state index contributed by atoms with van der Waals surface area (Å²) in [5, 5.41) is 20.7. The molecule has 1 saturated carbocycles. The molecular formula is C33H34F2N4O6. The summed E-state index contributed by atoms with van der Waals surface area (Å²) in [6, 6.07) is 16.5. The van der Waals surface area contributed by atoms with Gasteiger partial charge in [-0.1, -0.05) is 12.1 Å². The number of nitrogens with zero attached hydrogens (tertiary/aromatic N) is 2. The Morgan fingerprint density at radius 1 is 1.07 bits per heavy atom. The molecule has 3 N–H and O–H groups in total. The van der Waals surface area contributed by atoms with Gasteiger partial charge < -0.3 is 30.0 Å². The van der Waals surface area contributed by atoms with E-state index in [2.05, 4.69) is 15.7 Å². The van der Waals surface area contributed by atoms with Crippen molar-refractivity contribution in [2.45, 2.75) is 63.3 Å². The summed E-state index contributed by atoms with van der Waals surface area (Å²) in [7, 11) is 0. The van der Waals surface area contributed by atoms with Crippen LogP contribution in [-0.2, 0) is 4.79 Å². The number of halogens is 2. The first-order chi connectivity index (χ1) is 21.6. The Hall–Kier alpha value is -4.71. The van der Waals surface area contributed by atoms with Gasteiger partial charge in [0.25, 0.3) is 11.8 Å². The third-order valence-corrected chi connectivity index (χ3v) is 8.06. The molecule has 0 spiro atoms. The molecule has 2 aliphatic rings. The number of amides is 2. The van der Waals surface area contributed by atoms with Crippen LogP contribution in [0.2, 0.25) is 0 Å². The van der Waals surface area contributed by atoms with Crippen molar-refractivity contribution in [3.05, 3.63) is 78.0 Å². The predicted molar refractivity (Wildman–Crippen MR) is 161 cm³/mol. The molecule has 2 amide bonds. The van der Waals surface area contributed by atoms with Crippen LogP contribution in [0.3, 0.4) is 0 Å². The van der Waals surface area contributed by atoms with Crippen molar-refractivity contribution >= 4 is 22.7 Å². The molecule has 45 heavy (non-hydrogen) atoms. The monoisotopic (exact) mass is 620 g/mol. The van der Waals surface area contributed by atoms with Crippen molar-refractivity contribution in [3.8, 4) is 22.9 Å². The molecule has 4 atom stereocenters. The van der Waals surface area contributed by atoms with Gasteiger partial charge in [-0.05, 0) is 80.3 Å². The molecule has 12 heteroatoms. The Morgan fingerprint density at radius 3 is 2.62 bits per heavy atom. The van der Waals surface area contributed by atoms with Gasteiger partial charge in [-0.3, -0.25) is 9.59 Å². The van der Waals surface area contributed by atoms with Crippen LogP contribution < -0.4 is 24.8 Å². The van der Waals surface area contributed by atoms with Gasteiger partial charge in [-0.15, -0.1) is 0 Å². The highest BCUT2D eigenvalue weighted by Crippen LogP contribution is 2.36. The average molecular weight is 621 g/mol. The summed E-state index contributed by atoms with van der Waals surface area (Å²) in [6.07, 6.45) is 2.56. The van der Waals surface area contributed by atoms with E-state index in [0.29, 0.717) is 60.6 Å². The second kappa shape index (κ2) is 12.4. The number of ether oxygens (including phenoxy) is 3. The lowest BCUT2D eigenvalue weighted by Crippen LogP contribution is -2.46. The fourth-order valence-corrected chi connectivity index (χ4v) is 5.68. The lowest BCUT2D eigenvalue weighted by molar-refractivity contribution is -0.144. The van der Waals surface area contributed by atoms with E-state index in [9.17, 15) is 23.5 Å². The summed E-state index contributed by atoms with van der Waals surface area (Å²) in [4.78, 5) is 25.1. The highest BCUT2D eigenvalue weighted by atomic mass is 19.3. The van der Waals surface area contributed by atoms with Gasteiger partial charge in [-0.25, -0.2) is 4.68 Å². The molecule has 236 valence electrons. The van der Waals surface area contributed by atoms with Crippen LogP contribution >= 0.6 is 0 Å². The Labute approximate surface area is 258 Å². The SMILES string of the molecule is C[C@H](NC(=O)C(C)(F)F)[C@H](Oc1ccc2c(cnn2-c2cccc(C(=O)NC3CCC[C@@H]3O)c2)c1)c1ccc2c(c1)OCCO2. The highest BCUT2D eigenvalue weighted by molar-refractivity contribution is 5.95. The number of aliphatic hydroxyl groups excluding tert-OH is 1. The first-order valence-electron chi connectivity index (χ1n) is 14.9. The van der Waals surface area contributed by atoms with E-state index >= 15 is 0 Å². The van der Waals surface area contributed by atoms with Gasteiger partial charge in [0, 0.05) is 17.9 Å². The molecule has 2 heterocycles. The summed E-state index contributed by atoms with van der Waals surface area (Å²) >= 11 is 0. The molecule has 0 radical (unpaired) electrons. The van der Waals surface area contributed by atoms with Crippen molar-refractivity contribution in [1.29, 1.82) is 0 Å². The number of alkyl halides is 2. The smallest absolute Gasteiger partial charge is 0.321 e. The van der Waals surface area contributed by atoms with Crippen LogP contribution in [0, 0.1) is 0 Å². The molecule has 1 unspecified atom stereocenters. The normalized spacial score (nSPS) is 19.1. The van der Waals surface area contributed by atoms with E-state index in [1.807, 2.05) is 12.1 Å². The molecular weight excluding hydrogens is 586 g/mol. The molecule has 1 aromatic heterocycles. The van der Waals surface area contributed by atoms with Crippen LogP contribution in [0.15, 0.2) is 66.9 Å². The topological polar surface area (TPSA) is 124 Å². The van der Waals surface area contributed by atoms with E-state index in [-0.39, 0.29) is 11.9 Å². The third-order valence-electron chi connectivity index (χ3n) is 8.06. The molecule has 10 nitrogen and oxygen atoms in total. The van der Waals surface area contributed by atoms with Crippen LogP contribution in [0.4, 0.5) is 8.78 Å². The maximum absolute atomic E-state index is 13.8. The number of carbonyl (C=O) groups excluding carboxylic acids is 2. The van der Waals surface area contributed by atoms with Crippen molar-refractivity contribution < 1.29 is 37.7 Å². The Balaban J connectivity index is 1.26. The van der Waals surface area contributed by atoms with Gasteiger partial charge in [0.2, 0.25) is 0 Å². The average Bonchev–Trinajstić information content (AvgIpc) is 3.64. The van der Waals surface area contributed by atoms with E-state index < -0.39 is 30.1 Å². The third kappa shape index (κ3) is 6.56. The molecule has 6 rings (SSSR count). The number of aromatic nitrogens is 2. The zero-order chi connectivity index (χ0) is 31.7. The number of carbonyl (C=O) groups is 2. The zero-order valence-electron chi connectivity index (χ0n) is 24.8. The lowest BCUT2D eigenvalue weighted by Gasteiger charge is -2.28. The van der Waals surface area contributed by atoms with E-state index in [1.165, 1.54) is 0 Å². The fourth-order valence-electron chi connectivity index (χ4n) is 5.68. The number of hydrogen-bond acceptors (Lipinski definition) is 7. The van der Waals surface area contributed by atoms with Crippen LogP contribution in [0.5, 0.6) is 17.2 Å². The minimum Gasteiger partial charge on any atom is -0.486 e. The largest absolute Gasteiger partial charge is 0.486 e. The van der Waals surface area contributed by atoms with Gasteiger partial charge in [-0.2, -0.15) is 13.9 Å². The van der Waals surface area contributed by atoms with Crippen LogP contribution in [0.1, 0.15) is 55.1 Å². The summed E-state index contributed by atoms with van der Waals surface area (Å²) in [5.41, 5.74) is 2.46. The van der Waals surface area contributed by atoms with E-state index in [1.54, 1.807) is 66.3 Å². The Morgan fingerprint density at radius 2 is 1.87 bits per heavy atom. The molecule has 0 bridgehead atoms. The second-order valence-electron chi connectivity index (χ2n) is 11.5. The van der Waals surface area contributed by atoms with Gasteiger partial charge in [0.05, 0.1) is 35.6 Å². The van der Waals surface area contributed by atoms with Crippen molar-refractivity contribution in [3.63, 3.8) is 0 Å². The predicted octanol–water partition coefficient (Wildman–Crippen LogP) is 4.72. The first-order valence-corrected chi connectivity index (χ1v) is 14.9. The number of rotatable bonds is 9. The summed E-state index contributed by atoms with van der Waals surface area (Å²) < 4.78 is 46.9.